The Labute approximate surface area is 106 Å². The van der Waals surface area contributed by atoms with Gasteiger partial charge in [-0.1, -0.05) is 50.8 Å². The summed E-state index contributed by atoms with van der Waals surface area (Å²) >= 11 is 3.41. The van der Waals surface area contributed by atoms with Crippen molar-refractivity contribution >= 4 is 23.1 Å². The highest BCUT2D eigenvalue weighted by atomic mass is 32.2. The molecule has 0 bridgehead atoms. The quantitative estimate of drug-likeness (QED) is 0.797. The van der Waals surface area contributed by atoms with Gasteiger partial charge in [0.15, 0.2) is 4.34 Å². The van der Waals surface area contributed by atoms with Crippen molar-refractivity contribution < 1.29 is 0 Å². The van der Waals surface area contributed by atoms with Gasteiger partial charge in [-0.2, -0.15) is 0 Å². The van der Waals surface area contributed by atoms with E-state index in [-0.39, 0.29) is 5.41 Å². The lowest BCUT2D eigenvalue weighted by atomic mass is 9.88. The Hall–Kier alpha value is -0.130. The Bertz CT molecular complexity index is 280. The van der Waals surface area contributed by atoms with Crippen molar-refractivity contribution in [2.45, 2.75) is 44.5 Å². The highest BCUT2D eigenvalue weighted by molar-refractivity contribution is 8.01. The molecule has 1 N–H and O–H groups in total. The molecule has 0 saturated heterocycles. The van der Waals surface area contributed by atoms with Crippen molar-refractivity contribution in [3.05, 3.63) is 5.51 Å². The lowest BCUT2D eigenvalue weighted by molar-refractivity contribution is 0.292. The Morgan fingerprint density at radius 2 is 2.25 bits per heavy atom. The van der Waals surface area contributed by atoms with Crippen LogP contribution in [0.5, 0.6) is 0 Å². The molecule has 0 aliphatic carbocycles. The molecule has 3 nitrogen and oxygen atoms in total. The van der Waals surface area contributed by atoms with Gasteiger partial charge in [-0.25, -0.2) is 0 Å². The van der Waals surface area contributed by atoms with Crippen molar-refractivity contribution in [1.82, 2.24) is 15.5 Å². The third-order valence-corrected chi connectivity index (χ3v) is 4.35. The summed E-state index contributed by atoms with van der Waals surface area (Å²) in [5.74, 6) is 1.05. The molecule has 0 spiro atoms. The molecule has 1 aromatic heterocycles. The number of hydrogen-bond acceptors (Lipinski definition) is 5. The Balaban J connectivity index is 2.44. The van der Waals surface area contributed by atoms with Gasteiger partial charge in [-0.15, -0.1) is 10.2 Å². The Kier molecular flexibility index (Phi) is 5.72. The lowest BCUT2D eigenvalue weighted by Gasteiger charge is -2.31. The van der Waals surface area contributed by atoms with Crippen molar-refractivity contribution in [2.24, 2.45) is 5.41 Å². The fraction of sp³-hybridized carbons (Fsp3) is 0.818. The van der Waals surface area contributed by atoms with Crippen molar-refractivity contribution in [3.8, 4) is 0 Å². The minimum absolute atomic E-state index is 0.285. The van der Waals surface area contributed by atoms with Gasteiger partial charge in [0.25, 0.3) is 0 Å². The Morgan fingerprint density at radius 3 is 2.75 bits per heavy atom. The molecule has 0 saturated carbocycles. The minimum Gasteiger partial charge on any atom is -0.313 e. The highest BCUT2D eigenvalue weighted by Gasteiger charge is 2.24. The molecule has 16 heavy (non-hydrogen) atoms. The molecule has 1 rings (SSSR count). The van der Waals surface area contributed by atoms with Crippen LogP contribution in [0, 0.1) is 5.41 Å². The fourth-order valence-corrected chi connectivity index (χ4v) is 3.23. The van der Waals surface area contributed by atoms with Gasteiger partial charge < -0.3 is 5.32 Å². The van der Waals surface area contributed by atoms with Gasteiger partial charge in [-0.05, 0) is 18.4 Å². The molecule has 1 aromatic rings. The van der Waals surface area contributed by atoms with E-state index in [1.165, 1.54) is 6.42 Å². The van der Waals surface area contributed by atoms with E-state index < -0.39 is 0 Å². The number of nitrogens with one attached hydrogen (secondary N) is 1. The molecule has 1 unspecified atom stereocenters. The number of hydrogen-bond donors (Lipinski definition) is 1. The topological polar surface area (TPSA) is 37.8 Å². The molecule has 5 heteroatoms. The van der Waals surface area contributed by atoms with Crippen molar-refractivity contribution in [1.29, 1.82) is 0 Å². The van der Waals surface area contributed by atoms with Crippen molar-refractivity contribution in [3.63, 3.8) is 0 Å². The first kappa shape index (κ1) is 13.9. The maximum absolute atomic E-state index is 4.05. The molecule has 0 fully saturated rings. The first-order valence-corrected chi connectivity index (χ1v) is 7.53. The standard InChI is InChI=1S/C11H21N3S2/c1-5-6-12-9(11(2,3)4)7-15-10-14-13-8-16-10/h8-9,12H,5-7H2,1-4H3. The van der Waals surface area contributed by atoms with E-state index in [2.05, 4.69) is 43.2 Å². The number of aromatic nitrogens is 2. The first-order chi connectivity index (χ1) is 7.54. The van der Waals surface area contributed by atoms with Gasteiger partial charge in [-0.3, -0.25) is 0 Å². The average Bonchev–Trinajstić information content (AvgIpc) is 2.68. The van der Waals surface area contributed by atoms with E-state index in [9.17, 15) is 0 Å². The van der Waals surface area contributed by atoms with E-state index in [0.717, 1.165) is 16.6 Å². The van der Waals surface area contributed by atoms with Crippen LogP contribution >= 0.6 is 23.1 Å². The van der Waals surface area contributed by atoms with E-state index >= 15 is 0 Å². The Morgan fingerprint density at radius 1 is 1.50 bits per heavy atom. The third-order valence-electron chi connectivity index (χ3n) is 2.40. The largest absolute Gasteiger partial charge is 0.313 e. The molecule has 0 amide bonds. The first-order valence-electron chi connectivity index (χ1n) is 5.66. The third kappa shape index (κ3) is 4.80. The molecular weight excluding hydrogens is 238 g/mol. The second-order valence-electron chi connectivity index (χ2n) is 4.89. The second-order valence-corrected chi connectivity index (χ2v) is 6.99. The predicted molar refractivity (Wildman–Crippen MR) is 72.2 cm³/mol. The van der Waals surface area contributed by atoms with Crippen molar-refractivity contribution in [2.75, 3.05) is 12.3 Å². The van der Waals surface area contributed by atoms with Gasteiger partial charge in [0.2, 0.25) is 0 Å². The van der Waals surface area contributed by atoms with Crippen LogP contribution in [0.3, 0.4) is 0 Å². The summed E-state index contributed by atoms with van der Waals surface area (Å²) in [6, 6.07) is 0.515. The molecule has 0 aromatic carbocycles. The van der Waals surface area contributed by atoms with Gasteiger partial charge >= 0.3 is 0 Å². The van der Waals surface area contributed by atoms with Crippen LogP contribution in [-0.4, -0.2) is 28.5 Å². The van der Waals surface area contributed by atoms with Gasteiger partial charge in [0.1, 0.15) is 5.51 Å². The number of rotatable bonds is 6. The average molecular weight is 259 g/mol. The zero-order valence-corrected chi connectivity index (χ0v) is 12.1. The molecule has 1 atom stereocenters. The zero-order valence-electron chi connectivity index (χ0n) is 10.5. The molecule has 92 valence electrons. The normalized spacial score (nSPS) is 14.0. The summed E-state index contributed by atoms with van der Waals surface area (Å²) in [5, 5.41) is 11.5. The summed E-state index contributed by atoms with van der Waals surface area (Å²) in [7, 11) is 0. The van der Waals surface area contributed by atoms with Crippen LogP contribution in [0.1, 0.15) is 34.1 Å². The van der Waals surface area contributed by atoms with E-state index in [1.54, 1.807) is 28.6 Å². The number of thioether (sulfide) groups is 1. The van der Waals surface area contributed by atoms with E-state index in [1.807, 2.05) is 0 Å². The van der Waals surface area contributed by atoms with Crippen LogP contribution in [0.15, 0.2) is 9.85 Å². The van der Waals surface area contributed by atoms with Gasteiger partial charge in [0, 0.05) is 11.8 Å². The zero-order chi connectivity index (χ0) is 12.0. The highest BCUT2D eigenvalue weighted by Crippen LogP contribution is 2.27. The molecular formula is C11H21N3S2. The van der Waals surface area contributed by atoms with Crippen LogP contribution in [0.2, 0.25) is 0 Å². The summed E-state index contributed by atoms with van der Waals surface area (Å²) in [6.45, 7) is 10.1. The van der Waals surface area contributed by atoms with Crippen LogP contribution in [0.25, 0.3) is 0 Å². The fourth-order valence-electron chi connectivity index (χ4n) is 1.31. The molecule has 0 aliphatic heterocycles. The van der Waals surface area contributed by atoms with E-state index in [4.69, 9.17) is 0 Å². The summed E-state index contributed by atoms with van der Waals surface area (Å²) < 4.78 is 1.06. The SMILES string of the molecule is CCCNC(CSc1nncs1)C(C)(C)C. The number of nitrogens with zero attached hydrogens (tertiary/aromatic N) is 2. The summed E-state index contributed by atoms with van der Waals surface area (Å²) in [4.78, 5) is 0. The summed E-state index contributed by atoms with van der Waals surface area (Å²) in [6.07, 6.45) is 1.18. The smallest absolute Gasteiger partial charge is 0.174 e. The van der Waals surface area contributed by atoms with E-state index in [0.29, 0.717) is 6.04 Å². The van der Waals surface area contributed by atoms with Crippen LogP contribution in [0.4, 0.5) is 0 Å². The van der Waals surface area contributed by atoms with Gasteiger partial charge in [0.05, 0.1) is 0 Å². The maximum Gasteiger partial charge on any atom is 0.174 e. The molecule has 0 radical (unpaired) electrons. The van der Waals surface area contributed by atoms with Crippen LogP contribution in [-0.2, 0) is 0 Å². The monoisotopic (exact) mass is 259 g/mol. The molecule has 0 aliphatic rings. The predicted octanol–water partition coefficient (Wildman–Crippen LogP) is 3.04. The molecule has 1 heterocycles. The van der Waals surface area contributed by atoms with Crippen LogP contribution < -0.4 is 5.32 Å². The minimum atomic E-state index is 0.285. The summed E-state index contributed by atoms with van der Waals surface area (Å²) in [5.41, 5.74) is 2.07. The lowest BCUT2D eigenvalue weighted by Crippen LogP contribution is -2.42. The maximum atomic E-state index is 4.05. The second kappa shape index (κ2) is 6.57.